The number of nitrogens with one attached hydrogen (secondary N) is 1. The summed E-state index contributed by atoms with van der Waals surface area (Å²) in [5, 5.41) is 16.9. The molecule has 5 heterocycles. The number of fused-ring (bicyclic) bond motifs is 2. The highest BCUT2D eigenvalue weighted by Crippen LogP contribution is 2.37. The number of anilines is 2. The van der Waals surface area contributed by atoms with Crippen molar-refractivity contribution < 1.29 is 41.0 Å². The molecule has 1 saturated heterocycles. The van der Waals surface area contributed by atoms with Gasteiger partial charge in [0.25, 0.3) is 11.5 Å². The van der Waals surface area contributed by atoms with Crippen LogP contribution < -0.4 is 15.8 Å². The van der Waals surface area contributed by atoms with Crippen LogP contribution in [0.15, 0.2) is 59.8 Å². The van der Waals surface area contributed by atoms with E-state index in [1.54, 1.807) is 11.8 Å². The molecule has 57 heavy (non-hydrogen) atoms. The number of benzene rings is 2. The minimum atomic E-state index is -4.82. The predicted molar refractivity (Wildman–Crippen MR) is 194 cm³/mol. The van der Waals surface area contributed by atoms with E-state index >= 15 is 0 Å². The normalized spacial score (nSPS) is 13.8. The lowest BCUT2D eigenvalue weighted by atomic mass is 10.0. The maximum absolute atomic E-state index is 14.4. The maximum atomic E-state index is 14.4. The quantitative estimate of drug-likeness (QED) is 0.189. The zero-order chi connectivity index (χ0) is 41.0. The van der Waals surface area contributed by atoms with Gasteiger partial charge in [0, 0.05) is 43.3 Å². The average Bonchev–Trinajstić information content (AvgIpc) is 3.62. The molecule has 0 saturated carbocycles. The van der Waals surface area contributed by atoms with Crippen molar-refractivity contribution in [1.82, 2.24) is 39.0 Å². The molecule has 7 rings (SSSR count). The lowest BCUT2D eigenvalue weighted by molar-refractivity contribution is -0.138. The van der Waals surface area contributed by atoms with Gasteiger partial charge in [0.2, 0.25) is 11.7 Å². The summed E-state index contributed by atoms with van der Waals surface area (Å²) < 4.78 is 84.8. The van der Waals surface area contributed by atoms with Crippen molar-refractivity contribution in [1.29, 1.82) is 0 Å². The monoisotopic (exact) mass is 814 g/mol. The van der Waals surface area contributed by atoms with Crippen molar-refractivity contribution in [3.8, 4) is 17.1 Å². The highest BCUT2D eigenvalue weighted by Gasteiger charge is 2.35. The number of amides is 2. The summed E-state index contributed by atoms with van der Waals surface area (Å²) in [6.07, 6.45) is -7.02. The van der Waals surface area contributed by atoms with Gasteiger partial charge >= 0.3 is 12.4 Å². The smallest absolute Gasteiger partial charge is 0.418 e. The van der Waals surface area contributed by atoms with Gasteiger partial charge in [0.05, 0.1) is 38.7 Å². The number of piperazine rings is 1. The van der Waals surface area contributed by atoms with E-state index in [9.17, 15) is 45.8 Å². The third-order valence-electron chi connectivity index (χ3n) is 9.39. The van der Waals surface area contributed by atoms with Crippen molar-refractivity contribution in [3.63, 3.8) is 0 Å². The number of rotatable bonds is 7. The first-order valence-corrected chi connectivity index (χ1v) is 17.5. The van der Waals surface area contributed by atoms with Crippen LogP contribution in [0.2, 0.25) is 5.02 Å². The molecular formula is C36H29ClF6N10O4. The molecule has 2 aromatic carbocycles. The fourth-order valence-corrected chi connectivity index (χ4v) is 6.85. The minimum Gasteiger partial charge on any atom is -0.504 e. The Balaban J connectivity index is 1.31. The molecule has 1 aliphatic rings. The lowest BCUT2D eigenvalue weighted by Gasteiger charge is -2.36. The number of aromatic hydroxyl groups is 1. The lowest BCUT2D eigenvalue weighted by Crippen LogP contribution is -2.51. The number of aromatic nitrogens is 7. The second-order valence-corrected chi connectivity index (χ2v) is 13.4. The molecule has 0 unspecified atom stereocenters. The third-order valence-corrected chi connectivity index (χ3v) is 9.70. The summed E-state index contributed by atoms with van der Waals surface area (Å²) in [6, 6.07) is 7.47. The number of carbonyl (C=O) groups excluding carboxylic acids is 2. The third kappa shape index (κ3) is 7.39. The SMILES string of the molecule is CCc1c(N2CCN(C(=O)c3ncnc(C)c3O)CC2)c(=O)n2nc(-c3cc(C(F)(F)F)c4ncccc4c3)nc2n1CC(=O)Nc1ccc(C(F)(F)F)cc1Cl. The van der Waals surface area contributed by atoms with E-state index in [2.05, 4.69) is 30.4 Å². The topological polar surface area (TPSA) is 164 Å². The zero-order valence-corrected chi connectivity index (χ0v) is 30.5. The molecule has 1 fully saturated rings. The summed E-state index contributed by atoms with van der Waals surface area (Å²) in [4.78, 5) is 60.5. The van der Waals surface area contributed by atoms with Crippen molar-refractivity contribution in [2.75, 3.05) is 36.4 Å². The van der Waals surface area contributed by atoms with Crippen LogP contribution in [0.25, 0.3) is 28.1 Å². The second-order valence-electron chi connectivity index (χ2n) is 13.0. The van der Waals surface area contributed by atoms with E-state index < -0.39 is 52.4 Å². The van der Waals surface area contributed by atoms with Gasteiger partial charge in [-0.3, -0.25) is 19.4 Å². The summed E-state index contributed by atoms with van der Waals surface area (Å²) in [5.41, 5.74) is -3.02. The standard InChI is InChI=1S/C36H29ClF6N10O4/c1-3-25-29(50-9-11-51(12-10-50)32(56)28-30(55)18(2)45-17-46-28)33(57)53-34(52(25)16-26(54)47-24-7-6-21(15-23(24)37)35(38,39)40)48-31(49-53)20-13-19-5-4-8-44-27(19)22(14-20)36(41,42)43/h4-8,13-15,17,55H,3,9-12,16H2,1-2H3,(H,47,54). The summed E-state index contributed by atoms with van der Waals surface area (Å²) >= 11 is 6.10. The van der Waals surface area contributed by atoms with E-state index in [4.69, 9.17) is 11.6 Å². The van der Waals surface area contributed by atoms with E-state index in [1.165, 1.54) is 40.8 Å². The molecule has 0 radical (unpaired) electrons. The van der Waals surface area contributed by atoms with Crippen LogP contribution in [0, 0.1) is 6.92 Å². The van der Waals surface area contributed by atoms with Gasteiger partial charge in [0.15, 0.2) is 17.3 Å². The molecule has 296 valence electrons. The number of alkyl halides is 6. The molecule has 6 aromatic rings. The number of hydrogen-bond acceptors (Lipinski definition) is 10. The number of pyridine rings is 1. The van der Waals surface area contributed by atoms with E-state index in [0.717, 1.165) is 29.0 Å². The minimum absolute atomic E-state index is 0.0633. The van der Waals surface area contributed by atoms with Gasteiger partial charge in [-0.25, -0.2) is 9.97 Å². The molecule has 14 nitrogen and oxygen atoms in total. The van der Waals surface area contributed by atoms with Gasteiger partial charge in [-0.1, -0.05) is 24.6 Å². The van der Waals surface area contributed by atoms with Crippen LogP contribution in [-0.2, 0) is 30.1 Å². The summed E-state index contributed by atoms with van der Waals surface area (Å²) in [6.45, 7) is 2.94. The Kier molecular flexibility index (Phi) is 10.0. The Bertz CT molecular complexity index is 2640. The number of aryl methyl sites for hydroxylation is 1. The first kappa shape index (κ1) is 38.9. The molecule has 1 aliphatic heterocycles. The van der Waals surface area contributed by atoms with Crippen molar-refractivity contribution in [3.05, 3.63) is 98.6 Å². The molecular weight excluding hydrogens is 786 g/mol. The molecule has 0 atom stereocenters. The van der Waals surface area contributed by atoms with Gasteiger partial charge in [-0.2, -0.15) is 35.8 Å². The summed E-state index contributed by atoms with van der Waals surface area (Å²) in [5.74, 6) is -2.22. The van der Waals surface area contributed by atoms with Gasteiger partial charge in [-0.05, 0) is 49.7 Å². The van der Waals surface area contributed by atoms with Crippen LogP contribution >= 0.6 is 11.6 Å². The largest absolute Gasteiger partial charge is 0.504 e. The second kappa shape index (κ2) is 14.6. The highest BCUT2D eigenvalue weighted by atomic mass is 35.5. The molecule has 0 bridgehead atoms. The fraction of sp³-hybridized carbons (Fsp3) is 0.278. The first-order chi connectivity index (χ1) is 27.0. The van der Waals surface area contributed by atoms with Crippen molar-refractivity contribution >= 4 is 51.5 Å². The Morgan fingerprint density at radius 1 is 0.965 bits per heavy atom. The summed E-state index contributed by atoms with van der Waals surface area (Å²) in [7, 11) is 0. The van der Waals surface area contributed by atoms with Crippen LogP contribution in [0.1, 0.15) is 39.9 Å². The number of carbonyl (C=O) groups is 2. The molecule has 21 heteroatoms. The Morgan fingerprint density at radius 2 is 1.70 bits per heavy atom. The average molecular weight is 815 g/mol. The van der Waals surface area contributed by atoms with Crippen LogP contribution in [0.5, 0.6) is 5.75 Å². The van der Waals surface area contributed by atoms with Gasteiger partial charge in [0.1, 0.15) is 18.6 Å². The molecule has 4 aromatic heterocycles. The molecule has 0 aliphatic carbocycles. The van der Waals surface area contributed by atoms with E-state index in [0.29, 0.717) is 6.07 Å². The van der Waals surface area contributed by atoms with E-state index in [-0.39, 0.29) is 94.9 Å². The van der Waals surface area contributed by atoms with Gasteiger partial charge < -0.3 is 24.8 Å². The Morgan fingerprint density at radius 3 is 2.37 bits per heavy atom. The fourth-order valence-electron chi connectivity index (χ4n) is 6.62. The molecule has 2 amide bonds. The van der Waals surface area contributed by atoms with E-state index in [1.807, 2.05) is 0 Å². The van der Waals surface area contributed by atoms with Crippen LogP contribution in [0.3, 0.4) is 0 Å². The number of nitrogens with zero attached hydrogens (tertiary/aromatic N) is 9. The van der Waals surface area contributed by atoms with Crippen LogP contribution in [-0.4, -0.2) is 82.1 Å². The Hall–Kier alpha value is -6.31. The number of halogens is 7. The first-order valence-electron chi connectivity index (χ1n) is 17.2. The zero-order valence-electron chi connectivity index (χ0n) is 29.8. The van der Waals surface area contributed by atoms with Crippen molar-refractivity contribution in [2.45, 2.75) is 39.2 Å². The molecule has 2 N–H and O–H groups in total. The highest BCUT2D eigenvalue weighted by molar-refractivity contribution is 6.33. The number of hydrogen-bond donors (Lipinski definition) is 2. The van der Waals surface area contributed by atoms with Crippen LogP contribution in [0.4, 0.5) is 37.7 Å². The maximum Gasteiger partial charge on any atom is 0.418 e. The van der Waals surface area contributed by atoms with Crippen molar-refractivity contribution in [2.24, 2.45) is 0 Å². The predicted octanol–water partition coefficient (Wildman–Crippen LogP) is 5.76. The Labute approximate surface area is 322 Å². The van der Waals surface area contributed by atoms with Gasteiger partial charge in [-0.15, -0.1) is 5.10 Å². The molecule has 0 spiro atoms.